The topological polar surface area (TPSA) is 54.4 Å². The molecule has 184 valence electrons. The van der Waals surface area contributed by atoms with Crippen molar-refractivity contribution in [2.75, 3.05) is 6.61 Å². The Hall–Kier alpha value is -1.22. The summed E-state index contributed by atoms with van der Waals surface area (Å²) in [5.74, 6) is 2.06. The average molecular weight is 455 g/mol. The maximum absolute atomic E-state index is 13.9. The van der Waals surface area contributed by atoms with Crippen LogP contribution in [0.1, 0.15) is 106 Å². The number of aliphatic hydroxyl groups is 1. The lowest BCUT2D eigenvalue weighted by Gasteiger charge is -2.60. The van der Waals surface area contributed by atoms with E-state index in [2.05, 4.69) is 47.6 Å². The minimum absolute atomic E-state index is 0.0126. The van der Waals surface area contributed by atoms with Crippen molar-refractivity contribution in [3.05, 3.63) is 22.8 Å². The van der Waals surface area contributed by atoms with E-state index in [1.807, 2.05) is 6.92 Å². The second kappa shape index (κ2) is 8.18. The highest BCUT2D eigenvalue weighted by Gasteiger charge is 2.65. The van der Waals surface area contributed by atoms with Gasteiger partial charge in [-0.15, -0.1) is 0 Å². The number of ketones is 2. The zero-order chi connectivity index (χ0) is 24.4. The maximum atomic E-state index is 13.9. The van der Waals surface area contributed by atoms with Gasteiger partial charge in [-0.25, -0.2) is 0 Å². The minimum atomic E-state index is -0.407. The van der Waals surface area contributed by atoms with E-state index < -0.39 is 5.41 Å². The Kier molecular flexibility index (Phi) is 6.17. The molecule has 0 aliphatic heterocycles. The summed E-state index contributed by atoms with van der Waals surface area (Å²) in [4.78, 5) is 26.7. The summed E-state index contributed by atoms with van der Waals surface area (Å²) in [7, 11) is 0. The summed E-state index contributed by atoms with van der Waals surface area (Å²) in [6.07, 6.45) is 11.0. The van der Waals surface area contributed by atoms with Gasteiger partial charge in [-0.05, 0) is 80.5 Å². The van der Waals surface area contributed by atoms with Crippen molar-refractivity contribution in [1.29, 1.82) is 0 Å². The number of hydrogen-bond donors (Lipinski definition) is 1. The van der Waals surface area contributed by atoms with Crippen LogP contribution in [-0.2, 0) is 9.59 Å². The Balaban J connectivity index is 1.68. The predicted octanol–water partition coefficient (Wildman–Crippen LogP) is 6.84. The van der Waals surface area contributed by atoms with Crippen LogP contribution in [-0.4, -0.2) is 23.3 Å². The molecule has 0 aromatic heterocycles. The first-order valence-corrected chi connectivity index (χ1v) is 13.4. The van der Waals surface area contributed by atoms with Crippen LogP contribution in [0.25, 0.3) is 0 Å². The van der Waals surface area contributed by atoms with Crippen LogP contribution in [0.3, 0.4) is 0 Å². The summed E-state index contributed by atoms with van der Waals surface area (Å²) in [6, 6.07) is 0. The second-order valence-electron chi connectivity index (χ2n) is 13.3. The van der Waals surface area contributed by atoms with Crippen molar-refractivity contribution in [2.45, 2.75) is 106 Å². The summed E-state index contributed by atoms with van der Waals surface area (Å²) in [6.45, 7) is 16.0. The molecule has 2 saturated carbocycles. The Morgan fingerprint density at radius 3 is 2.45 bits per heavy atom. The Morgan fingerprint density at radius 1 is 1.09 bits per heavy atom. The molecule has 0 aromatic carbocycles. The molecule has 2 fully saturated rings. The molecule has 0 radical (unpaired) electrons. The highest BCUT2D eigenvalue weighted by molar-refractivity contribution is 6.00. The first-order chi connectivity index (χ1) is 15.3. The van der Waals surface area contributed by atoms with Crippen LogP contribution in [0.2, 0.25) is 0 Å². The lowest BCUT2D eigenvalue weighted by atomic mass is 9.43. The van der Waals surface area contributed by atoms with Crippen LogP contribution in [0.5, 0.6) is 0 Å². The normalized spacial score (nSPS) is 41.5. The van der Waals surface area contributed by atoms with E-state index in [1.165, 1.54) is 17.6 Å². The van der Waals surface area contributed by atoms with Gasteiger partial charge in [0.15, 0.2) is 5.78 Å². The van der Waals surface area contributed by atoms with Gasteiger partial charge in [0.2, 0.25) is 0 Å². The summed E-state index contributed by atoms with van der Waals surface area (Å²) >= 11 is 0. The highest BCUT2D eigenvalue weighted by atomic mass is 16.3. The lowest BCUT2D eigenvalue weighted by Crippen LogP contribution is -2.56. The number of carbonyl (C=O) groups is 2. The molecule has 1 N–H and O–H groups in total. The molecule has 0 aromatic rings. The van der Waals surface area contributed by atoms with Crippen LogP contribution in [0.15, 0.2) is 22.8 Å². The van der Waals surface area contributed by atoms with Crippen LogP contribution in [0, 0.1) is 39.4 Å². The van der Waals surface area contributed by atoms with Gasteiger partial charge in [0.25, 0.3) is 0 Å². The van der Waals surface area contributed by atoms with Crippen molar-refractivity contribution in [2.24, 2.45) is 39.4 Å². The SMILES string of the molecule is C/C(=C\CC[C@@H](C)[C@H]1CC[C@@]2(C)C3=C(CC[C@]12C)[C@@]1(C)CCC(=O)C(C)(C)[C@@H]1CC3=O)CO. The van der Waals surface area contributed by atoms with Crippen LogP contribution >= 0.6 is 0 Å². The number of aliphatic hydroxyl groups excluding tert-OH is 1. The molecule has 0 amide bonds. The predicted molar refractivity (Wildman–Crippen MR) is 134 cm³/mol. The molecule has 0 bridgehead atoms. The molecule has 4 aliphatic rings. The smallest absolute Gasteiger partial charge is 0.159 e. The molecule has 4 aliphatic carbocycles. The zero-order valence-corrected chi connectivity index (χ0v) is 22.1. The third-order valence-electron chi connectivity index (χ3n) is 11.4. The van der Waals surface area contributed by atoms with Gasteiger partial charge < -0.3 is 5.11 Å². The second-order valence-corrected chi connectivity index (χ2v) is 13.3. The Labute approximate surface area is 201 Å². The zero-order valence-electron chi connectivity index (χ0n) is 22.1. The molecular formula is C30H46O3. The van der Waals surface area contributed by atoms with Gasteiger partial charge in [0, 0.05) is 29.2 Å². The van der Waals surface area contributed by atoms with Crippen molar-refractivity contribution in [1.82, 2.24) is 0 Å². The monoisotopic (exact) mass is 454 g/mol. The summed E-state index contributed by atoms with van der Waals surface area (Å²) < 4.78 is 0. The molecule has 0 unspecified atom stereocenters. The van der Waals surface area contributed by atoms with E-state index in [0.29, 0.717) is 36.2 Å². The maximum Gasteiger partial charge on any atom is 0.159 e. The standard InChI is InChI=1S/C30H46O3/c1-19(18-31)9-8-10-20(2)21-11-16-30(7)26-22(12-15-29(21,30)6)28(5)14-13-25(33)27(3,4)24(28)17-23(26)32/h9,20-21,24,31H,8,10-18H2,1-7H3/b19-9+/t20-,21-,24+,28-,29-,30+/m1/s1. The molecule has 0 saturated heterocycles. The number of fused-ring (bicyclic) bond motifs is 4. The van der Waals surface area contributed by atoms with E-state index in [-0.39, 0.29) is 28.8 Å². The number of allylic oxidation sites excluding steroid dienone is 3. The first kappa shape index (κ1) is 24.9. The van der Waals surface area contributed by atoms with Gasteiger partial charge in [-0.2, -0.15) is 0 Å². The molecule has 0 spiro atoms. The molecule has 3 nitrogen and oxygen atoms in total. The van der Waals surface area contributed by atoms with Gasteiger partial charge in [-0.3, -0.25) is 9.59 Å². The number of rotatable bonds is 5. The van der Waals surface area contributed by atoms with E-state index in [4.69, 9.17) is 0 Å². The van der Waals surface area contributed by atoms with Crippen LogP contribution < -0.4 is 0 Å². The summed E-state index contributed by atoms with van der Waals surface area (Å²) in [5, 5.41) is 9.30. The van der Waals surface area contributed by atoms with E-state index in [0.717, 1.165) is 44.1 Å². The molecular weight excluding hydrogens is 408 g/mol. The molecule has 3 heteroatoms. The molecule has 33 heavy (non-hydrogen) atoms. The van der Waals surface area contributed by atoms with Gasteiger partial charge in [-0.1, -0.05) is 58.8 Å². The van der Waals surface area contributed by atoms with Gasteiger partial charge in [0.1, 0.15) is 5.78 Å². The third-order valence-corrected chi connectivity index (χ3v) is 11.4. The van der Waals surface area contributed by atoms with Gasteiger partial charge >= 0.3 is 0 Å². The minimum Gasteiger partial charge on any atom is -0.392 e. The Morgan fingerprint density at radius 2 is 1.79 bits per heavy atom. The fourth-order valence-electron chi connectivity index (χ4n) is 8.98. The van der Waals surface area contributed by atoms with E-state index >= 15 is 0 Å². The van der Waals surface area contributed by atoms with E-state index in [1.54, 1.807) is 0 Å². The number of carbonyl (C=O) groups excluding carboxylic acids is 2. The van der Waals surface area contributed by atoms with Crippen LogP contribution in [0.4, 0.5) is 0 Å². The highest BCUT2D eigenvalue weighted by Crippen LogP contribution is 2.71. The Bertz CT molecular complexity index is 908. The fourth-order valence-corrected chi connectivity index (χ4v) is 8.98. The van der Waals surface area contributed by atoms with Crippen molar-refractivity contribution >= 4 is 11.6 Å². The average Bonchev–Trinajstić information content (AvgIpc) is 3.04. The fraction of sp³-hybridized carbons (Fsp3) is 0.800. The third kappa shape index (κ3) is 3.46. The van der Waals surface area contributed by atoms with Gasteiger partial charge in [0.05, 0.1) is 6.61 Å². The number of hydrogen-bond acceptors (Lipinski definition) is 3. The van der Waals surface area contributed by atoms with Crippen molar-refractivity contribution < 1.29 is 14.7 Å². The lowest BCUT2D eigenvalue weighted by molar-refractivity contribution is -0.142. The first-order valence-electron chi connectivity index (χ1n) is 13.4. The molecule has 0 heterocycles. The van der Waals surface area contributed by atoms with E-state index in [9.17, 15) is 14.7 Å². The molecule has 6 atom stereocenters. The largest absolute Gasteiger partial charge is 0.392 e. The number of Topliss-reactive ketones (excluding diaryl/α,β-unsaturated/α-hetero) is 2. The van der Waals surface area contributed by atoms with Crippen molar-refractivity contribution in [3.63, 3.8) is 0 Å². The quantitative estimate of drug-likeness (QED) is 0.463. The van der Waals surface area contributed by atoms with Crippen molar-refractivity contribution in [3.8, 4) is 0 Å². The summed E-state index contributed by atoms with van der Waals surface area (Å²) in [5.41, 5.74) is 3.36. The molecule has 4 rings (SSSR count).